The van der Waals surface area contributed by atoms with Gasteiger partial charge >= 0.3 is 0 Å². The summed E-state index contributed by atoms with van der Waals surface area (Å²) in [7, 11) is 0. The minimum atomic E-state index is -1.46. The van der Waals surface area contributed by atoms with Gasteiger partial charge in [-0.3, -0.25) is 9.78 Å². The molecule has 0 radical (unpaired) electrons. The molecule has 2 aromatic heterocycles. The molecule has 4 heterocycles. The lowest BCUT2D eigenvalue weighted by atomic mass is 9.79. The fraction of sp³-hybridized carbons (Fsp3) is 0.321. The van der Waals surface area contributed by atoms with E-state index in [9.17, 15) is 23.8 Å². The van der Waals surface area contributed by atoms with E-state index in [-0.39, 0.29) is 29.8 Å². The number of ether oxygens (including phenoxy) is 1. The predicted molar refractivity (Wildman–Crippen MR) is 134 cm³/mol. The quantitative estimate of drug-likeness (QED) is 0.437. The van der Waals surface area contributed by atoms with Crippen molar-refractivity contribution in [2.75, 3.05) is 5.32 Å². The molecule has 5 rings (SSSR count). The molecule has 1 saturated heterocycles. The summed E-state index contributed by atoms with van der Waals surface area (Å²) in [4.78, 5) is 21.4. The summed E-state index contributed by atoms with van der Waals surface area (Å²) in [6, 6.07) is 8.34. The van der Waals surface area contributed by atoms with Crippen LogP contribution in [0.3, 0.4) is 0 Å². The number of hydrogen-bond donors (Lipinski definition) is 3. The lowest BCUT2D eigenvalue weighted by Crippen LogP contribution is -2.57. The van der Waals surface area contributed by atoms with E-state index in [1.807, 2.05) is 0 Å². The van der Waals surface area contributed by atoms with Crippen molar-refractivity contribution in [2.24, 2.45) is 0 Å². The molecule has 3 aromatic rings. The molecule has 1 amide bonds. The highest BCUT2D eigenvalue weighted by Crippen LogP contribution is 2.42. The van der Waals surface area contributed by atoms with Gasteiger partial charge in [0, 0.05) is 23.7 Å². The maximum absolute atomic E-state index is 15.0. The first kappa shape index (κ1) is 25.1. The molecular formula is C28H27F2N3O4. The number of fused-ring (bicyclic) bond motifs is 8. The van der Waals surface area contributed by atoms with Crippen LogP contribution in [0.2, 0.25) is 0 Å². The topological polar surface area (TPSA) is 105 Å². The fourth-order valence-electron chi connectivity index (χ4n) is 5.08. The van der Waals surface area contributed by atoms with Crippen LogP contribution in [-0.4, -0.2) is 43.9 Å². The molecule has 0 saturated carbocycles. The van der Waals surface area contributed by atoms with Crippen molar-refractivity contribution in [3.05, 3.63) is 83.3 Å². The number of aliphatic hydroxyl groups is 2. The van der Waals surface area contributed by atoms with Gasteiger partial charge in [-0.2, -0.15) is 0 Å². The standard InChI is InChI=1S/C28H27F2N3O4/c1-2-28(36)23(34)14-22-17-12-13-31-15-21(17)33-27(35)20-11-10-19(30)26(32-20)25-16(7-5-8-18(25)29)6-3-4-9-24(28)37-22/h3,5-8,10-13,15,22-24,34,36H,2,4,9,14H2,1H3,(H,33,35)/b6-3+/t22-,23-,24-,28-/m1/s1. The number of nitrogens with zero attached hydrogens (tertiary/aromatic N) is 2. The summed E-state index contributed by atoms with van der Waals surface area (Å²) in [5.41, 5.74) is -0.607. The highest BCUT2D eigenvalue weighted by Gasteiger charge is 2.48. The maximum Gasteiger partial charge on any atom is 0.274 e. The Labute approximate surface area is 212 Å². The van der Waals surface area contributed by atoms with E-state index >= 15 is 0 Å². The summed E-state index contributed by atoms with van der Waals surface area (Å²) < 4.78 is 36.2. The second kappa shape index (κ2) is 10.1. The third-order valence-electron chi connectivity index (χ3n) is 7.17. The molecule has 4 atom stereocenters. The van der Waals surface area contributed by atoms with Crippen molar-refractivity contribution in [2.45, 2.75) is 56.5 Å². The molecule has 7 nitrogen and oxygen atoms in total. The molecule has 3 N–H and O–H groups in total. The van der Waals surface area contributed by atoms with Gasteiger partial charge in [-0.1, -0.05) is 31.2 Å². The summed E-state index contributed by atoms with van der Waals surface area (Å²) in [6.45, 7) is 1.79. The molecule has 2 aliphatic heterocycles. The number of amides is 1. The number of pyridine rings is 2. The van der Waals surface area contributed by atoms with E-state index in [4.69, 9.17) is 4.74 Å². The fourth-order valence-corrected chi connectivity index (χ4v) is 5.08. The van der Waals surface area contributed by atoms with Gasteiger partial charge < -0.3 is 20.3 Å². The zero-order valence-electron chi connectivity index (χ0n) is 20.2. The maximum atomic E-state index is 15.0. The number of allylic oxidation sites excluding steroid dienone is 1. The number of benzene rings is 1. The van der Waals surface area contributed by atoms with Gasteiger partial charge in [-0.05, 0) is 49.1 Å². The van der Waals surface area contributed by atoms with Crippen LogP contribution in [0.1, 0.15) is 60.3 Å². The third-order valence-corrected chi connectivity index (χ3v) is 7.17. The van der Waals surface area contributed by atoms with Gasteiger partial charge in [0.25, 0.3) is 5.91 Å². The average Bonchev–Trinajstić information content (AvgIpc) is 2.89. The van der Waals surface area contributed by atoms with Crippen LogP contribution < -0.4 is 5.32 Å². The van der Waals surface area contributed by atoms with Gasteiger partial charge in [-0.25, -0.2) is 13.8 Å². The van der Waals surface area contributed by atoms with Gasteiger partial charge in [-0.15, -0.1) is 0 Å². The number of halogens is 2. The normalized spacial score (nSPS) is 26.5. The van der Waals surface area contributed by atoms with E-state index in [1.54, 1.807) is 37.4 Å². The molecule has 192 valence electrons. The van der Waals surface area contributed by atoms with Crippen LogP contribution in [0.25, 0.3) is 17.3 Å². The Morgan fingerprint density at radius 3 is 2.84 bits per heavy atom. The average molecular weight is 508 g/mol. The SMILES string of the molecule is CC[C@@]1(O)[C@H](O)C[C@H]2O[C@@H]1CC/C=C/c1cccc(F)c1-c1nc(ccc1F)C(=O)Nc1cnccc12. The second-order valence-corrected chi connectivity index (χ2v) is 9.34. The van der Waals surface area contributed by atoms with Gasteiger partial charge in [0.15, 0.2) is 0 Å². The second-order valence-electron chi connectivity index (χ2n) is 9.34. The molecule has 1 aromatic carbocycles. The number of anilines is 1. The van der Waals surface area contributed by atoms with Crippen LogP contribution in [0.15, 0.2) is 54.9 Å². The van der Waals surface area contributed by atoms with E-state index in [2.05, 4.69) is 15.3 Å². The van der Waals surface area contributed by atoms with Crippen LogP contribution >= 0.6 is 0 Å². The lowest BCUT2D eigenvalue weighted by Gasteiger charge is -2.46. The largest absolute Gasteiger partial charge is 0.390 e. The number of nitrogens with one attached hydrogen (secondary N) is 1. The Hall–Kier alpha value is -3.53. The molecule has 0 unspecified atom stereocenters. The number of hydrogen-bond acceptors (Lipinski definition) is 6. The van der Waals surface area contributed by atoms with Crippen molar-refractivity contribution in [3.63, 3.8) is 0 Å². The summed E-state index contributed by atoms with van der Waals surface area (Å²) in [5, 5.41) is 25.0. The first-order valence-electron chi connectivity index (χ1n) is 12.2. The number of rotatable bonds is 1. The highest BCUT2D eigenvalue weighted by molar-refractivity contribution is 6.03. The molecular weight excluding hydrogens is 480 g/mol. The highest BCUT2D eigenvalue weighted by atomic mass is 19.1. The zero-order chi connectivity index (χ0) is 26.2. The Bertz CT molecular complexity index is 1370. The summed E-state index contributed by atoms with van der Waals surface area (Å²) >= 11 is 0. The van der Waals surface area contributed by atoms with Crippen LogP contribution in [0, 0.1) is 11.6 Å². The van der Waals surface area contributed by atoms with E-state index in [1.165, 1.54) is 24.4 Å². The number of carbonyl (C=O) groups excluding carboxylic acids is 1. The van der Waals surface area contributed by atoms with E-state index < -0.39 is 41.5 Å². The molecule has 4 bridgehead atoms. The number of aromatic nitrogens is 2. The van der Waals surface area contributed by atoms with Gasteiger partial charge in [0.2, 0.25) is 0 Å². The minimum absolute atomic E-state index is 0.0606. The summed E-state index contributed by atoms with van der Waals surface area (Å²) in [5.74, 6) is -2.08. The number of aliphatic hydroxyl groups excluding tert-OH is 1. The van der Waals surface area contributed by atoms with Crippen LogP contribution in [0.4, 0.5) is 14.5 Å². The molecule has 9 heteroatoms. The third kappa shape index (κ3) is 4.66. The Kier molecular flexibility index (Phi) is 6.85. The van der Waals surface area contributed by atoms with Crippen LogP contribution in [0.5, 0.6) is 0 Å². The van der Waals surface area contributed by atoms with E-state index in [0.717, 1.165) is 6.07 Å². The van der Waals surface area contributed by atoms with Crippen molar-refractivity contribution in [1.29, 1.82) is 0 Å². The summed E-state index contributed by atoms with van der Waals surface area (Å²) in [6.07, 6.45) is 5.26. The van der Waals surface area contributed by atoms with E-state index in [0.29, 0.717) is 29.7 Å². The molecule has 1 fully saturated rings. The monoisotopic (exact) mass is 507 g/mol. The molecule has 0 aliphatic carbocycles. The minimum Gasteiger partial charge on any atom is -0.390 e. The van der Waals surface area contributed by atoms with Crippen molar-refractivity contribution in [3.8, 4) is 11.3 Å². The number of carbonyl (C=O) groups is 1. The lowest BCUT2D eigenvalue weighted by molar-refractivity contribution is -0.231. The van der Waals surface area contributed by atoms with Crippen molar-refractivity contribution < 1.29 is 28.5 Å². The van der Waals surface area contributed by atoms with Gasteiger partial charge in [0.1, 0.15) is 28.6 Å². The molecule has 2 aliphatic rings. The predicted octanol–water partition coefficient (Wildman–Crippen LogP) is 4.81. The van der Waals surface area contributed by atoms with Crippen molar-refractivity contribution >= 4 is 17.7 Å². The molecule has 0 spiro atoms. The Morgan fingerprint density at radius 2 is 2.03 bits per heavy atom. The van der Waals surface area contributed by atoms with Gasteiger partial charge in [0.05, 0.1) is 30.2 Å². The molecule has 37 heavy (non-hydrogen) atoms. The smallest absolute Gasteiger partial charge is 0.274 e. The first-order chi connectivity index (χ1) is 17.8. The Morgan fingerprint density at radius 1 is 1.19 bits per heavy atom. The zero-order valence-corrected chi connectivity index (χ0v) is 20.2. The Balaban J connectivity index is 1.65. The first-order valence-corrected chi connectivity index (χ1v) is 12.2. The van der Waals surface area contributed by atoms with Crippen molar-refractivity contribution in [1.82, 2.24) is 9.97 Å². The van der Waals surface area contributed by atoms with Crippen LogP contribution in [-0.2, 0) is 4.74 Å².